The number of nitrogens with one attached hydrogen (secondary N) is 2. The fourth-order valence-corrected chi connectivity index (χ4v) is 2.28. The standard InChI is InChI=1S/C13H14N4O3/c18-11-5-4-9(13(20)16-11)15-12(19)8-7-14-17-6-2-1-3-10(8)17/h1-3,6-7,9,11,18H,4-5H2,(H,15,19)(H,16,20)/t9-,11?/m0/s1. The predicted octanol–water partition coefficient (Wildman–Crippen LogP) is -0.339. The van der Waals surface area contributed by atoms with Gasteiger partial charge in [-0.05, 0) is 25.0 Å². The number of nitrogens with zero attached hydrogens (tertiary/aromatic N) is 2. The molecular weight excluding hydrogens is 260 g/mol. The Morgan fingerprint density at radius 2 is 2.30 bits per heavy atom. The second-order valence-electron chi connectivity index (χ2n) is 4.72. The molecule has 1 aliphatic heterocycles. The topological polar surface area (TPSA) is 95.7 Å². The molecule has 2 atom stereocenters. The van der Waals surface area contributed by atoms with Crippen molar-refractivity contribution in [2.75, 3.05) is 0 Å². The number of pyridine rings is 1. The third kappa shape index (κ3) is 2.23. The molecule has 1 fully saturated rings. The fraction of sp³-hybridized carbons (Fsp3) is 0.308. The lowest BCUT2D eigenvalue weighted by atomic mass is 10.1. The summed E-state index contributed by atoms with van der Waals surface area (Å²) >= 11 is 0. The largest absolute Gasteiger partial charge is 0.374 e. The minimum absolute atomic E-state index is 0.345. The molecule has 2 aromatic rings. The van der Waals surface area contributed by atoms with E-state index in [9.17, 15) is 14.7 Å². The van der Waals surface area contributed by atoms with E-state index >= 15 is 0 Å². The molecule has 0 aliphatic carbocycles. The van der Waals surface area contributed by atoms with Crippen LogP contribution in [0.4, 0.5) is 0 Å². The Labute approximate surface area is 114 Å². The molecule has 0 radical (unpaired) electrons. The summed E-state index contributed by atoms with van der Waals surface area (Å²) in [5.74, 6) is -0.712. The molecule has 104 valence electrons. The van der Waals surface area contributed by atoms with Crippen LogP contribution in [0.5, 0.6) is 0 Å². The first kappa shape index (κ1) is 12.6. The summed E-state index contributed by atoms with van der Waals surface area (Å²) in [6.45, 7) is 0. The first-order chi connectivity index (χ1) is 9.65. The second-order valence-corrected chi connectivity index (χ2v) is 4.72. The van der Waals surface area contributed by atoms with Crippen LogP contribution in [0.2, 0.25) is 0 Å². The van der Waals surface area contributed by atoms with Gasteiger partial charge in [0.15, 0.2) is 0 Å². The smallest absolute Gasteiger partial charge is 0.255 e. The van der Waals surface area contributed by atoms with Gasteiger partial charge in [0.25, 0.3) is 5.91 Å². The van der Waals surface area contributed by atoms with E-state index < -0.39 is 12.3 Å². The molecule has 1 saturated heterocycles. The lowest BCUT2D eigenvalue weighted by Gasteiger charge is -2.26. The first-order valence-corrected chi connectivity index (χ1v) is 6.37. The van der Waals surface area contributed by atoms with Crippen LogP contribution < -0.4 is 10.6 Å². The molecule has 2 aromatic heterocycles. The van der Waals surface area contributed by atoms with Crippen LogP contribution in [0.15, 0.2) is 30.6 Å². The zero-order valence-corrected chi connectivity index (χ0v) is 10.6. The summed E-state index contributed by atoms with van der Waals surface area (Å²) in [4.78, 5) is 23.9. The van der Waals surface area contributed by atoms with Gasteiger partial charge in [0.1, 0.15) is 12.3 Å². The van der Waals surface area contributed by atoms with Gasteiger partial charge in [-0.15, -0.1) is 0 Å². The van der Waals surface area contributed by atoms with Crippen molar-refractivity contribution in [3.05, 3.63) is 36.2 Å². The van der Waals surface area contributed by atoms with Crippen LogP contribution in [0.1, 0.15) is 23.2 Å². The van der Waals surface area contributed by atoms with Crippen LogP contribution in [0.25, 0.3) is 5.52 Å². The summed E-state index contributed by atoms with van der Waals surface area (Å²) in [7, 11) is 0. The number of carbonyl (C=O) groups excluding carboxylic acids is 2. The van der Waals surface area contributed by atoms with Crippen molar-refractivity contribution in [2.45, 2.75) is 25.1 Å². The average Bonchev–Trinajstić information content (AvgIpc) is 2.86. The van der Waals surface area contributed by atoms with E-state index in [2.05, 4.69) is 15.7 Å². The van der Waals surface area contributed by atoms with Crippen LogP contribution >= 0.6 is 0 Å². The highest BCUT2D eigenvalue weighted by Crippen LogP contribution is 2.12. The number of hydrogen-bond donors (Lipinski definition) is 3. The second kappa shape index (κ2) is 4.93. The van der Waals surface area contributed by atoms with Gasteiger partial charge in [-0.25, -0.2) is 4.52 Å². The van der Waals surface area contributed by atoms with E-state index in [1.165, 1.54) is 6.20 Å². The summed E-state index contributed by atoms with van der Waals surface area (Å²) in [5.41, 5.74) is 1.10. The van der Waals surface area contributed by atoms with Crippen molar-refractivity contribution in [3.8, 4) is 0 Å². The fourth-order valence-electron chi connectivity index (χ4n) is 2.28. The Kier molecular flexibility index (Phi) is 3.11. The van der Waals surface area contributed by atoms with Crippen molar-refractivity contribution in [2.24, 2.45) is 0 Å². The van der Waals surface area contributed by atoms with Crippen molar-refractivity contribution >= 4 is 17.3 Å². The highest BCUT2D eigenvalue weighted by Gasteiger charge is 2.28. The van der Waals surface area contributed by atoms with E-state index in [-0.39, 0.29) is 11.8 Å². The Bertz CT molecular complexity index is 666. The number of aliphatic hydroxyl groups excluding tert-OH is 1. The predicted molar refractivity (Wildman–Crippen MR) is 69.8 cm³/mol. The van der Waals surface area contributed by atoms with E-state index in [4.69, 9.17) is 0 Å². The van der Waals surface area contributed by atoms with Crippen molar-refractivity contribution < 1.29 is 14.7 Å². The average molecular weight is 274 g/mol. The monoisotopic (exact) mass is 274 g/mol. The summed E-state index contributed by atoms with van der Waals surface area (Å²) in [6.07, 6.45) is 3.23. The van der Waals surface area contributed by atoms with Gasteiger partial charge in [-0.2, -0.15) is 5.10 Å². The third-order valence-corrected chi connectivity index (χ3v) is 3.33. The number of amides is 2. The molecule has 2 amide bonds. The number of piperidine rings is 1. The highest BCUT2D eigenvalue weighted by atomic mass is 16.3. The molecule has 3 rings (SSSR count). The summed E-state index contributed by atoms with van der Waals surface area (Å²) < 4.78 is 1.60. The molecular formula is C13H14N4O3. The maximum Gasteiger partial charge on any atom is 0.255 e. The zero-order chi connectivity index (χ0) is 14.1. The van der Waals surface area contributed by atoms with Crippen LogP contribution in [0, 0.1) is 0 Å². The van der Waals surface area contributed by atoms with Crippen molar-refractivity contribution in [1.29, 1.82) is 0 Å². The molecule has 3 N–H and O–H groups in total. The molecule has 0 aromatic carbocycles. The Hall–Kier alpha value is -2.41. The Morgan fingerprint density at radius 1 is 1.45 bits per heavy atom. The molecule has 7 heteroatoms. The van der Waals surface area contributed by atoms with E-state index in [0.717, 1.165) is 0 Å². The maximum absolute atomic E-state index is 12.2. The molecule has 0 bridgehead atoms. The molecule has 20 heavy (non-hydrogen) atoms. The van der Waals surface area contributed by atoms with E-state index in [1.54, 1.807) is 16.8 Å². The number of carbonyl (C=O) groups is 2. The van der Waals surface area contributed by atoms with Gasteiger partial charge in [0, 0.05) is 6.20 Å². The van der Waals surface area contributed by atoms with Crippen LogP contribution in [0.3, 0.4) is 0 Å². The minimum atomic E-state index is -0.826. The molecule has 0 saturated carbocycles. The number of rotatable bonds is 2. The Morgan fingerprint density at radius 3 is 3.10 bits per heavy atom. The lowest BCUT2D eigenvalue weighted by molar-refractivity contribution is -0.128. The van der Waals surface area contributed by atoms with Crippen LogP contribution in [-0.2, 0) is 4.79 Å². The normalized spacial score (nSPS) is 22.6. The number of hydrogen-bond acceptors (Lipinski definition) is 4. The minimum Gasteiger partial charge on any atom is -0.374 e. The summed E-state index contributed by atoms with van der Waals surface area (Å²) in [5, 5.41) is 18.4. The maximum atomic E-state index is 12.2. The van der Waals surface area contributed by atoms with E-state index in [0.29, 0.717) is 23.9 Å². The Balaban J connectivity index is 1.78. The van der Waals surface area contributed by atoms with Gasteiger partial charge >= 0.3 is 0 Å². The molecule has 3 heterocycles. The zero-order valence-electron chi connectivity index (χ0n) is 10.6. The molecule has 7 nitrogen and oxygen atoms in total. The molecule has 0 spiro atoms. The van der Waals surface area contributed by atoms with Crippen LogP contribution in [-0.4, -0.2) is 38.8 Å². The quantitative estimate of drug-likeness (QED) is 0.698. The summed E-state index contributed by atoms with van der Waals surface area (Å²) in [6, 6.07) is 4.80. The van der Waals surface area contributed by atoms with Gasteiger partial charge in [0.05, 0.1) is 17.3 Å². The first-order valence-electron chi connectivity index (χ1n) is 6.37. The number of aliphatic hydroxyl groups is 1. The van der Waals surface area contributed by atoms with Gasteiger partial charge in [-0.3, -0.25) is 9.59 Å². The van der Waals surface area contributed by atoms with Gasteiger partial charge in [-0.1, -0.05) is 6.07 Å². The number of fused-ring (bicyclic) bond motifs is 1. The highest BCUT2D eigenvalue weighted by molar-refractivity contribution is 6.02. The lowest BCUT2D eigenvalue weighted by Crippen LogP contribution is -2.53. The molecule has 1 unspecified atom stereocenters. The van der Waals surface area contributed by atoms with E-state index in [1.807, 2.05) is 12.1 Å². The number of aromatic nitrogens is 2. The van der Waals surface area contributed by atoms with Gasteiger partial charge < -0.3 is 15.7 Å². The SMILES string of the molecule is O=C(N[C@H]1CCC(O)NC1=O)c1cnn2ccccc12. The third-order valence-electron chi connectivity index (χ3n) is 3.33. The van der Waals surface area contributed by atoms with Gasteiger partial charge in [0.2, 0.25) is 5.91 Å². The van der Waals surface area contributed by atoms with Crippen molar-refractivity contribution in [1.82, 2.24) is 20.2 Å². The van der Waals surface area contributed by atoms with Crippen molar-refractivity contribution in [3.63, 3.8) is 0 Å². The molecule has 1 aliphatic rings.